The van der Waals surface area contributed by atoms with E-state index in [4.69, 9.17) is 0 Å². The van der Waals surface area contributed by atoms with Gasteiger partial charge in [0.05, 0.1) is 6.67 Å². The summed E-state index contributed by atoms with van der Waals surface area (Å²) in [6.45, 7) is 1.76. The SMILES string of the molecule is CN(CN1CCSC1=O)C1CC1. The summed E-state index contributed by atoms with van der Waals surface area (Å²) in [5.41, 5.74) is 0. The molecular weight excluding hydrogens is 172 g/mol. The van der Waals surface area contributed by atoms with E-state index >= 15 is 0 Å². The Hall–Kier alpha value is -0.220. The predicted octanol–water partition coefficient (Wildman–Crippen LogP) is 1.21. The van der Waals surface area contributed by atoms with E-state index in [1.54, 1.807) is 0 Å². The average molecular weight is 186 g/mol. The smallest absolute Gasteiger partial charge is 0.282 e. The Kier molecular flexibility index (Phi) is 2.28. The minimum absolute atomic E-state index is 0.252. The second kappa shape index (κ2) is 3.26. The van der Waals surface area contributed by atoms with Crippen LogP contribution in [0.1, 0.15) is 12.8 Å². The summed E-state index contributed by atoms with van der Waals surface area (Å²) in [5, 5.41) is 0.252. The van der Waals surface area contributed by atoms with Crippen molar-refractivity contribution in [2.24, 2.45) is 0 Å². The lowest BCUT2D eigenvalue weighted by Gasteiger charge is -2.22. The van der Waals surface area contributed by atoms with Gasteiger partial charge in [-0.1, -0.05) is 11.8 Å². The molecule has 12 heavy (non-hydrogen) atoms. The molecule has 3 nitrogen and oxygen atoms in total. The fourth-order valence-electron chi connectivity index (χ4n) is 1.45. The highest BCUT2D eigenvalue weighted by atomic mass is 32.2. The van der Waals surface area contributed by atoms with E-state index in [1.165, 1.54) is 24.6 Å². The molecule has 2 rings (SSSR count). The summed E-state index contributed by atoms with van der Waals surface area (Å²) in [7, 11) is 2.11. The van der Waals surface area contributed by atoms with Crippen LogP contribution in [0.4, 0.5) is 4.79 Å². The zero-order valence-corrected chi connectivity index (χ0v) is 8.14. The quantitative estimate of drug-likeness (QED) is 0.662. The van der Waals surface area contributed by atoms with E-state index in [-0.39, 0.29) is 5.24 Å². The molecule has 1 aliphatic carbocycles. The number of hydrogen-bond donors (Lipinski definition) is 0. The maximum atomic E-state index is 11.2. The molecule has 1 amide bonds. The Morgan fingerprint density at radius 1 is 1.67 bits per heavy atom. The van der Waals surface area contributed by atoms with E-state index in [2.05, 4.69) is 11.9 Å². The monoisotopic (exact) mass is 186 g/mol. The summed E-state index contributed by atoms with van der Waals surface area (Å²) in [6, 6.07) is 0.753. The highest BCUT2D eigenvalue weighted by molar-refractivity contribution is 8.13. The number of amides is 1. The molecule has 0 aromatic carbocycles. The lowest BCUT2D eigenvalue weighted by Crippen LogP contribution is -2.36. The molecular formula is C8H14N2OS. The van der Waals surface area contributed by atoms with E-state index in [1.807, 2.05) is 4.90 Å². The first kappa shape index (κ1) is 8.38. The standard InChI is InChI=1S/C8H14N2OS/c1-9(7-2-3-7)6-10-4-5-12-8(10)11/h7H,2-6H2,1H3. The molecule has 1 saturated carbocycles. The molecule has 0 atom stereocenters. The fraction of sp³-hybridized carbons (Fsp3) is 0.875. The first-order valence-corrected chi connectivity index (χ1v) is 5.38. The van der Waals surface area contributed by atoms with Crippen LogP contribution in [0.5, 0.6) is 0 Å². The van der Waals surface area contributed by atoms with Crippen LogP contribution in [-0.4, -0.2) is 47.1 Å². The van der Waals surface area contributed by atoms with Gasteiger partial charge >= 0.3 is 0 Å². The molecule has 0 bridgehead atoms. The Labute approximate surface area is 77.1 Å². The minimum atomic E-state index is 0.252. The van der Waals surface area contributed by atoms with Gasteiger partial charge in [-0.25, -0.2) is 0 Å². The van der Waals surface area contributed by atoms with E-state index in [0.29, 0.717) is 0 Å². The van der Waals surface area contributed by atoms with Gasteiger partial charge in [0.1, 0.15) is 0 Å². The highest BCUT2D eigenvalue weighted by Gasteiger charge is 2.29. The van der Waals surface area contributed by atoms with Gasteiger partial charge in [0.2, 0.25) is 0 Å². The van der Waals surface area contributed by atoms with Gasteiger partial charge in [-0.15, -0.1) is 0 Å². The molecule has 1 aliphatic heterocycles. The lowest BCUT2D eigenvalue weighted by atomic mass is 10.5. The van der Waals surface area contributed by atoms with Crippen LogP contribution in [0.25, 0.3) is 0 Å². The number of rotatable bonds is 3. The molecule has 0 spiro atoms. The van der Waals surface area contributed by atoms with Gasteiger partial charge in [0.15, 0.2) is 0 Å². The Bertz CT molecular complexity index is 193. The number of hydrogen-bond acceptors (Lipinski definition) is 3. The van der Waals surface area contributed by atoms with Crippen LogP contribution in [0.15, 0.2) is 0 Å². The van der Waals surface area contributed by atoms with Crippen molar-refractivity contribution >= 4 is 17.0 Å². The second-order valence-electron chi connectivity index (χ2n) is 3.51. The third kappa shape index (κ3) is 1.75. The molecule has 0 radical (unpaired) electrons. The van der Waals surface area contributed by atoms with E-state index in [9.17, 15) is 4.79 Å². The van der Waals surface area contributed by atoms with Crippen molar-refractivity contribution in [1.82, 2.24) is 9.80 Å². The van der Waals surface area contributed by atoms with Gasteiger partial charge in [-0.05, 0) is 19.9 Å². The first-order valence-electron chi connectivity index (χ1n) is 4.39. The van der Waals surface area contributed by atoms with Gasteiger partial charge in [0, 0.05) is 18.3 Å². The summed E-state index contributed by atoms with van der Waals surface area (Å²) in [6.07, 6.45) is 2.62. The van der Waals surface area contributed by atoms with Gasteiger partial charge in [-0.3, -0.25) is 9.69 Å². The molecule has 2 fully saturated rings. The van der Waals surface area contributed by atoms with Crippen molar-refractivity contribution in [1.29, 1.82) is 0 Å². The maximum Gasteiger partial charge on any atom is 0.282 e. The van der Waals surface area contributed by atoms with Crippen LogP contribution in [0, 0.1) is 0 Å². The van der Waals surface area contributed by atoms with Crippen molar-refractivity contribution in [2.45, 2.75) is 18.9 Å². The molecule has 1 saturated heterocycles. The Balaban J connectivity index is 1.80. The topological polar surface area (TPSA) is 23.6 Å². The van der Waals surface area contributed by atoms with Gasteiger partial charge in [0.25, 0.3) is 5.24 Å². The number of nitrogens with zero attached hydrogens (tertiary/aromatic N) is 2. The summed E-state index contributed by atoms with van der Waals surface area (Å²) < 4.78 is 0. The first-order chi connectivity index (χ1) is 5.77. The van der Waals surface area contributed by atoms with Gasteiger partial charge in [-0.2, -0.15) is 0 Å². The van der Waals surface area contributed by atoms with Crippen LogP contribution in [0.3, 0.4) is 0 Å². The van der Waals surface area contributed by atoms with E-state index in [0.717, 1.165) is 25.0 Å². The lowest BCUT2D eigenvalue weighted by molar-refractivity contribution is 0.178. The molecule has 0 aromatic rings. The fourth-order valence-corrected chi connectivity index (χ4v) is 2.27. The normalized spacial score (nSPS) is 24.2. The maximum absolute atomic E-state index is 11.2. The molecule has 1 heterocycles. The third-order valence-corrected chi connectivity index (χ3v) is 3.30. The summed E-state index contributed by atoms with van der Waals surface area (Å²) >= 11 is 1.44. The Morgan fingerprint density at radius 2 is 2.42 bits per heavy atom. The van der Waals surface area contributed by atoms with E-state index < -0.39 is 0 Å². The van der Waals surface area contributed by atoms with Crippen LogP contribution in [0.2, 0.25) is 0 Å². The molecule has 0 unspecified atom stereocenters. The highest BCUT2D eigenvalue weighted by Crippen LogP contribution is 2.26. The number of carbonyl (C=O) groups is 1. The molecule has 0 N–H and O–H groups in total. The molecule has 0 aromatic heterocycles. The zero-order valence-electron chi connectivity index (χ0n) is 7.32. The van der Waals surface area contributed by atoms with Gasteiger partial charge < -0.3 is 4.90 Å². The summed E-state index contributed by atoms with van der Waals surface area (Å²) in [5.74, 6) is 0.970. The Morgan fingerprint density at radius 3 is 2.92 bits per heavy atom. The predicted molar refractivity (Wildman–Crippen MR) is 50.2 cm³/mol. The molecule has 4 heteroatoms. The number of thioether (sulfide) groups is 1. The van der Waals surface area contributed by atoms with Crippen LogP contribution in [-0.2, 0) is 0 Å². The molecule has 2 aliphatic rings. The summed E-state index contributed by atoms with van der Waals surface area (Å²) in [4.78, 5) is 15.4. The number of carbonyl (C=O) groups excluding carboxylic acids is 1. The average Bonchev–Trinajstić information content (AvgIpc) is 2.80. The molecule has 68 valence electrons. The van der Waals surface area contributed by atoms with Crippen molar-refractivity contribution < 1.29 is 4.79 Å². The third-order valence-electron chi connectivity index (χ3n) is 2.41. The van der Waals surface area contributed by atoms with Crippen LogP contribution < -0.4 is 0 Å². The second-order valence-corrected chi connectivity index (χ2v) is 4.55. The largest absolute Gasteiger partial charge is 0.320 e. The minimum Gasteiger partial charge on any atom is -0.320 e. The van der Waals surface area contributed by atoms with Crippen molar-refractivity contribution in [2.75, 3.05) is 26.0 Å². The van der Waals surface area contributed by atoms with Crippen molar-refractivity contribution in [3.63, 3.8) is 0 Å². The zero-order chi connectivity index (χ0) is 8.55. The van der Waals surface area contributed by atoms with Crippen molar-refractivity contribution in [3.05, 3.63) is 0 Å². The van der Waals surface area contributed by atoms with Crippen LogP contribution >= 0.6 is 11.8 Å². The van der Waals surface area contributed by atoms with Crippen molar-refractivity contribution in [3.8, 4) is 0 Å².